The van der Waals surface area contributed by atoms with E-state index in [1.54, 1.807) is 7.05 Å². The van der Waals surface area contributed by atoms with Gasteiger partial charge in [0.1, 0.15) is 11.7 Å². The van der Waals surface area contributed by atoms with Gasteiger partial charge in [-0.1, -0.05) is 12.7 Å². The Morgan fingerprint density at radius 1 is 1.60 bits per heavy atom. The molecular formula is C13H23BFN2O3. The molecule has 5 nitrogen and oxygen atoms in total. The second-order valence-corrected chi connectivity index (χ2v) is 6.18. The molecule has 2 fully saturated rings. The van der Waals surface area contributed by atoms with Crippen LogP contribution in [0.2, 0.25) is 6.32 Å². The first-order chi connectivity index (χ1) is 9.45. The largest absolute Gasteiger partial charge is 0.480 e. The molecule has 0 aliphatic heterocycles. The lowest BCUT2D eigenvalue weighted by molar-refractivity contribution is -0.145. The number of carbonyl (C=O) groups is 1. The highest BCUT2D eigenvalue weighted by Crippen LogP contribution is 2.54. The third-order valence-electron chi connectivity index (χ3n) is 5.20. The summed E-state index contributed by atoms with van der Waals surface area (Å²) in [5.41, 5.74) is 4.78. The molecule has 6 atom stereocenters. The number of carboxylic acid groups (broad SMARTS) is 1. The van der Waals surface area contributed by atoms with Crippen LogP contribution in [0.1, 0.15) is 25.7 Å². The molecule has 113 valence electrons. The molecule has 7 heteroatoms. The van der Waals surface area contributed by atoms with Crippen LogP contribution in [0.25, 0.3) is 0 Å². The maximum Gasteiger partial charge on any atom is 0.323 e. The number of fused-ring (bicyclic) bond motifs is 1. The molecule has 0 aromatic carbocycles. The van der Waals surface area contributed by atoms with Crippen LogP contribution >= 0.6 is 0 Å². The maximum absolute atomic E-state index is 14.5. The molecule has 0 amide bonds. The van der Waals surface area contributed by atoms with Crippen LogP contribution < -0.4 is 11.1 Å². The fraction of sp³-hybridized carbons (Fsp3) is 0.923. The van der Waals surface area contributed by atoms with Crippen LogP contribution in [-0.2, 0) is 4.79 Å². The van der Waals surface area contributed by atoms with Crippen molar-refractivity contribution in [2.24, 2.45) is 23.5 Å². The van der Waals surface area contributed by atoms with Crippen LogP contribution in [0, 0.1) is 17.8 Å². The Kier molecular flexibility index (Phi) is 4.71. The zero-order valence-corrected chi connectivity index (χ0v) is 11.8. The molecule has 1 radical (unpaired) electrons. The van der Waals surface area contributed by atoms with Crippen molar-refractivity contribution in [2.75, 3.05) is 7.05 Å². The highest BCUT2D eigenvalue weighted by Gasteiger charge is 2.61. The smallest absolute Gasteiger partial charge is 0.323 e. The summed E-state index contributed by atoms with van der Waals surface area (Å²) in [6.45, 7) is 0. The number of aliphatic carboxylic acids is 1. The predicted octanol–water partition coefficient (Wildman–Crippen LogP) is 0.161. The first-order valence-corrected chi connectivity index (χ1v) is 7.25. The van der Waals surface area contributed by atoms with E-state index in [9.17, 15) is 14.3 Å². The van der Waals surface area contributed by atoms with Crippen molar-refractivity contribution in [3.63, 3.8) is 0 Å². The minimum atomic E-state index is -1.33. The molecule has 6 unspecified atom stereocenters. The highest BCUT2D eigenvalue weighted by atomic mass is 19.1. The molecule has 20 heavy (non-hydrogen) atoms. The summed E-state index contributed by atoms with van der Waals surface area (Å²) < 4.78 is 14.5. The summed E-state index contributed by atoms with van der Waals surface area (Å²) in [5, 5.41) is 21.2. The molecule has 5 N–H and O–H groups in total. The minimum absolute atomic E-state index is 0.0339. The van der Waals surface area contributed by atoms with Crippen molar-refractivity contribution < 1.29 is 19.3 Å². The summed E-state index contributed by atoms with van der Waals surface area (Å²) in [4.78, 5) is 11.5. The standard InChI is InChI=1S/C13H23BFN2O3/c1-17-9-5-7-6-13(16,12(18)19)8(3-2-4-14-20)10(7)11(9)15/h7-11,17,20H,2-6,16H2,1H3,(H,18,19). The summed E-state index contributed by atoms with van der Waals surface area (Å²) in [7, 11) is 2.80. The number of alkyl halides is 1. The number of nitrogens with one attached hydrogen (secondary N) is 1. The van der Waals surface area contributed by atoms with Gasteiger partial charge >= 0.3 is 5.97 Å². The van der Waals surface area contributed by atoms with Crippen molar-refractivity contribution in [1.29, 1.82) is 0 Å². The van der Waals surface area contributed by atoms with Gasteiger partial charge < -0.3 is 21.2 Å². The van der Waals surface area contributed by atoms with E-state index in [-0.39, 0.29) is 23.8 Å². The van der Waals surface area contributed by atoms with Gasteiger partial charge in [0.15, 0.2) is 0 Å². The Morgan fingerprint density at radius 3 is 2.85 bits per heavy atom. The van der Waals surface area contributed by atoms with Crippen molar-refractivity contribution in [1.82, 2.24) is 5.32 Å². The zero-order chi connectivity index (χ0) is 14.9. The van der Waals surface area contributed by atoms with E-state index in [2.05, 4.69) is 5.32 Å². The summed E-state index contributed by atoms with van der Waals surface area (Å²) in [6, 6.07) is -0.199. The third kappa shape index (κ3) is 2.47. The fourth-order valence-corrected chi connectivity index (χ4v) is 4.24. The van der Waals surface area contributed by atoms with E-state index in [0.29, 0.717) is 32.0 Å². The molecule has 0 aromatic rings. The van der Waals surface area contributed by atoms with Crippen molar-refractivity contribution in [2.45, 2.75) is 49.8 Å². The summed E-state index contributed by atoms with van der Waals surface area (Å²) in [6.07, 6.45) is 1.61. The molecule has 0 saturated heterocycles. The quantitative estimate of drug-likeness (QED) is 0.412. The van der Waals surface area contributed by atoms with E-state index < -0.39 is 17.7 Å². The van der Waals surface area contributed by atoms with Crippen molar-refractivity contribution in [3.8, 4) is 0 Å². The lowest BCUT2D eigenvalue weighted by Gasteiger charge is -2.32. The molecule has 0 bridgehead atoms. The van der Waals surface area contributed by atoms with Gasteiger partial charge in [-0.3, -0.25) is 4.79 Å². The number of hydrogen-bond acceptors (Lipinski definition) is 4. The zero-order valence-electron chi connectivity index (χ0n) is 11.8. The summed E-state index contributed by atoms with van der Waals surface area (Å²) in [5.74, 6) is -1.64. The Bertz CT molecular complexity index is 374. The first kappa shape index (κ1) is 15.7. The predicted molar refractivity (Wildman–Crippen MR) is 74.0 cm³/mol. The number of nitrogens with two attached hydrogens (primary N) is 1. The molecular weight excluding hydrogens is 262 g/mol. The van der Waals surface area contributed by atoms with Gasteiger partial charge in [-0.2, -0.15) is 0 Å². The number of halogens is 1. The normalized spacial score (nSPS) is 43.5. The third-order valence-corrected chi connectivity index (χ3v) is 5.20. The van der Waals surface area contributed by atoms with Gasteiger partial charge in [-0.15, -0.1) is 0 Å². The fourth-order valence-electron chi connectivity index (χ4n) is 4.24. The molecule has 0 spiro atoms. The summed E-state index contributed by atoms with van der Waals surface area (Å²) >= 11 is 0. The lowest BCUT2D eigenvalue weighted by Crippen LogP contribution is -2.53. The van der Waals surface area contributed by atoms with Crippen LogP contribution in [0.15, 0.2) is 0 Å². The molecule has 0 heterocycles. The molecule has 2 aliphatic rings. The number of rotatable bonds is 6. The number of carboxylic acids is 1. The maximum atomic E-state index is 14.5. The monoisotopic (exact) mass is 285 g/mol. The average molecular weight is 285 g/mol. The van der Waals surface area contributed by atoms with Crippen LogP contribution in [0.3, 0.4) is 0 Å². The Morgan fingerprint density at radius 2 is 2.30 bits per heavy atom. The van der Waals surface area contributed by atoms with Crippen molar-refractivity contribution in [3.05, 3.63) is 0 Å². The molecule has 2 rings (SSSR count). The van der Waals surface area contributed by atoms with E-state index in [1.165, 1.54) is 0 Å². The molecule has 0 aromatic heterocycles. The van der Waals surface area contributed by atoms with Gasteiger partial charge in [0.2, 0.25) is 0 Å². The van der Waals surface area contributed by atoms with Crippen LogP contribution in [0.4, 0.5) is 4.39 Å². The van der Waals surface area contributed by atoms with Gasteiger partial charge in [0.05, 0.1) is 0 Å². The first-order valence-electron chi connectivity index (χ1n) is 7.25. The second-order valence-electron chi connectivity index (χ2n) is 6.18. The van der Waals surface area contributed by atoms with Gasteiger partial charge in [0.25, 0.3) is 7.48 Å². The molecule has 2 saturated carbocycles. The van der Waals surface area contributed by atoms with Gasteiger partial charge in [-0.25, -0.2) is 4.39 Å². The highest BCUT2D eigenvalue weighted by molar-refractivity contribution is 6.25. The van der Waals surface area contributed by atoms with Crippen LogP contribution in [0.5, 0.6) is 0 Å². The van der Waals surface area contributed by atoms with Gasteiger partial charge in [0, 0.05) is 6.04 Å². The van der Waals surface area contributed by atoms with E-state index in [1.807, 2.05) is 0 Å². The number of hydrogen-bond donors (Lipinski definition) is 4. The topological polar surface area (TPSA) is 95.6 Å². The van der Waals surface area contributed by atoms with Crippen LogP contribution in [-0.4, -0.2) is 48.4 Å². The Hall–Kier alpha value is -0.655. The van der Waals surface area contributed by atoms with E-state index >= 15 is 0 Å². The second kappa shape index (κ2) is 5.99. The van der Waals surface area contributed by atoms with E-state index in [0.717, 1.165) is 7.48 Å². The Labute approximate surface area is 119 Å². The molecule has 2 aliphatic carbocycles. The van der Waals surface area contributed by atoms with Gasteiger partial charge in [-0.05, 0) is 44.1 Å². The minimum Gasteiger partial charge on any atom is -0.480 e. The average Bonchev–Trinajstić information content (AvgIpc) is 2.85. The SMILES string of the molecule is CNC1CC2CC(N)(C(=O)O)C(CCC[B]O)C2C1F. The van der Waals surface area contributed by atoms with E-state index in [4.69, 9.17) is 10.8 Å². The van der Waals surface area contributed by atoms with Crippen molar-refractivity contribution >= 4 is 13.5 Å². The Balaban J connectivity index is 2.17. The lowest BCUT2D eigenvalue weighted by atomic mass is 9.76.